The standard InChI is InChI=1S/C22H35NOSSi/c1-22(2,3)25(24)23-21(19-13-8-6-9-14-19)17-12-18-26(4,5)20-15-10-7-11-16-20/h7,10-11,15-19,21,23H,6,8-9,13-14H2,1-5H3/t12?,21-,25?/m0/s1. The molecule has 2 atom stereocenters. The van der Waals surface area contributed by atoms with Gasteiger partial charge >= 0.3 is 0 Å². The van der Waals surface area contributed by atoms with Gasteiger partial charge in [-0.1, -0.05) is 67.9 Å². The second-order valence-corrected chi connectivity index (χ2v) is 15.3. The van der Waals surface area contributed by atoms with Gasteiger partial charge in [0.15, 0.2) is 0 Å². The van der Waals surface area contributed by atoms with Gasteiger partial charge in [-0.2, -0.15) is 0 Å². The summed E-state index contributed by atoms with van der Waals surface area (Å²) in [5.74, 6) is 0.567. The topological polar surface area (TPSA) is 29.1 Å². The van der Waals surface area contributed by atoms with Gasteiger partial charge in [-0.25, -0.2) is 8.93 Å². The van der Waals surface area contributed by atoms with Gasteiger partial charge in [0.25, 0.3) is 0 Å². The Hall–Kier alpha value is -0.933. The molecule has 0 amide bonds. The number of nitrogens with one attached hydrogen (secondary N) is 1. The first-order chi connectivity index (χ1) is 12.2. The monoisotopic (exact) mass is 389 g/mol. The fourth-order valence-corrected chi connectivity index (χ4v) is 5.96. The maximum absolute atomic E-state index is 12.6. The molecule has 0 aliphatic heterocycles. The largest absolute Gasteiger partial charge is 0.242 e. The third kappa shape index (κ3) is 6.35. The van der Waals surface area contributed by atoms with Crippen LogP contribution >= 0.6 is 0 Å². The van der Waals surface area contributed by atoms with Crippen molar-refractivity contribution in [3.63, 3.8) is 0 Å². The zero-order chi connectivity index (χ0) is 19.2. The van der Waals surface area contributed by atoms with E-state index in [1.165, 1.54) is 37.3 Å². The molecule has 0 spiro atoms. The van der Waals surface area contributed by atoms with E-state index in [9.17, 15) is 4.21 Å². The highest BCUT2D eigenvalue weighted by Crippen LogP contribution is 2.28. The van der Waals surface area contributed by atoms with E-state index in [-0.39, 0.29) is 10.8 Å². The molecule has 1 aliphatic rings. The molecule has 0 heterocycles. The molecule has 2 nitrogen and oxygen atoms in total. The van der Waals surface area contributed by atoms with Gasteiger partial charge in [-0.15, -0.1) is 5.73 Å². The van der Waals surface area contributed by atoms with Crippen molar-refractivity contribution in [3.05, 3.63) is 47.8 Å². The predicted octanol–water partition coefficient (Wildman–Crippen LogP) is 4.85. The van der Waals surface area contributed by atoms with Crippen molar-refractivity contribution in [1.29, 1.82) is 0 Å². The zero-order valence-corrected chi connectivity index (χ0v) is 18.9. The zero-order valence-electron chi connectivity index (χ0n) is 17.0. The van der Waals surface area contributed by atoms with Crippen molar-refractivity contribution in [1.82, 2.24) is 4.72 Å². The highest BCUT2D eigenvalue weighted by Gasteiger charge is 2.27. The van der Waals surface area contributed by atoms with Crippen LogP contribution in [0.5, 0.6) is 0 Å². The van der Waals surface area contributed by atoms with E-state index >= 15 is 0 Å². The lowest BCUT2D eigenvalue weighted by atomic mass is 9.84. The van der Waals surface area contributed by atoms with Crippen LogP contribution in [0.1, 0.15) is 52.9 Å². The molecule has 1 N–H and O–H groups in total. The van der Waals surface area contributed by atoms with Gasteiger partial charge in [0.05, 0.1) is 15.7 Å². The van der Waals surface area contributed by atoms with Gasteiger partial charge in [-0.05, 0) is 51.3 Å². The van der Waals surface area contributed by atoms with Crippen molar-refractivity contribution in [2.75, 3.05) is 0 Å². The van der Waals surface area contributed by atoms with Crippen LogP contribution in [0.2, 0.25) is 13.1 Å². The van der Waals surface area contributed by atoms with Crippen LogP contribution in [-0.2, 0) is 11.0 Å². The van der Waals surface area contributed by atoms with E-state index in [4.69, 9.17) is 0 Å². The van der Waals surface area contributed by atoms with Crippen LogP contribution in [0.25, 0.3) is 0 Å². The second-order valence-electron chi connectivity index (χ2n) is 8.99. The smallest absolute Gasteiger partial charge is 0.112 e. The molecule has 144 valence electrons. The third-order valence-corrected chi connectivity index (χ3v) is 9.50. The molecule has 0 radical (unpaired) electrons. The van der Waals surface area contributed by atoms with Crippen molar-refractivity contribution in [2.24, 2.45) is 5.92 Å². The van der Waals surface area contributed by atoms with Gasteiger partial charge < -0.3 is 0 Å². The molecule has 1 aromatic carbocycles. The molecule has 1 unspecified atom stereocenters. The van der Waals surface area contributed by atoms with E-state index in [0.29, 0.717) is 5.92 Å². The van der Waals surface area contributed by atoms with Crippen molar-refractivity contribution in [3.8, 4) is 0 Å². The molecule has 1 saturated carbocycles. The van der Waals surface area contributed by atoms with E-state index < -0.39 is 19.1 Å². The third-order valence-electron chi connectivity index (χ3n) is 5.19. The summed E-state index contributed by atoms with van der Waals surface area (Å²) in [7, 11) is -2.70. The van der Waals surface area contributed by atoms with Gasteiger partial charge in [-0.3, -0.25) is 0 Å². The molecule has 1 aromatic rings. The van der Waals surface area contributed by atoms with Gasteiger partial charge in [0.1, 0.15) is 8.07 Å². The number of benzene rings is 1. The quantitative estimate of drug-likeness (QED) is 0.547. The first-order valence-corrected chi connectivity index (χ1v) is 14.1. The second kappa shape index (κ2) is 9.32. The van der Waals surface area contributed by atoms with Crippen LogP contribution in [0.4, 0.5) is 0 Å². The molecule has 0 bridgehead atoms. The summed E-state index contributed by atoms with van der Waals surface area (Å²) in [5, 5.41) is 1.42. The fraction of sp³-hybridized carbons (Fsp3) is 0.591. The SMILES string of the molecule is CC(C)(C)S(=O)N[C@@H](C=C=C[Si](C)(C)c1ccccc1)C1CCCCC1. The molecular formula is C22H35NOSSi. The molecule has 26 heavy (non-hydrogen) atoms. The van der Waals surface area contributed by atoms with Crippen molar-refractivity contribution in [2.45, 2.75) is 76.8 Å². The number of hydrogen-bond acceptors (Lipinski definition) is 1. The number of rotatable bonds is 6. The summed E-state index contributed by atoms with van der Waals surface area (Å²) in [6.07, 6.45) is 8.49. The molecule has 0 aromatic heterocycles. The van der Waals surface area contributed by atoms with Crippen LogP contribution in [0.15, 0.2) is 47.8 Å². The first kappa shape index (κ1) is 21.4. The summed E-state index contributed by atoms with van der Waals surface area (Å²) in [6, 6.07) is 10.9. The van der Waals surface area contributed by atoms with Crippen molar-refractivity contribution >= 4 is 24.2 Å². The van der Waals surface area contributed by atoms with E-state index in [1.54, 1.807) is 0 Å². The van der Waals surface area contributed by atoms with E-state index in [2.05, 4.69) is 65.7 Å². The maximum atomic E-state index is 12.6. The Bertz CT molecular complexity index is 650. The lowest BCUT2D eigenvalue weighted by Gasteiger charge is -2.30. The van der Waals surface area contributed by atoms with Gasteiger partial charge in [0.2, 0.25) is 0 Å². The minimum Gasteiger partial charge on any atom is -0.242 e. The van der Waals surface area contributed by atoms with Crippen LogP contribution in [-0.4, -0.2) is 23.1 Å². The Labute approximate surface area is 163 Å². The van der Waals surface area contributed by atoms with Crippen molar-refractivity contribution < 1.29 is 4.21 Å². The Morgan fingerprint density at radius 2 is 1.77 bits per heavy atom. The van der Waals surface area contributed by atoms with Crippen LogP contribution in [0, 0.1) is 5.92 Å². The molecular weight excluding hydrogens is 354 g/mol. The Balaban J connectivity index is 2.19. The van der Waals surface area contributed by atoms with Crippen LogP contribution in [0.3, 0.4) is 0 Å². The number of hydrogen-bond donors (Lipinski definition) is 1. The molecule has 1 fully saturated rings. The Morgan fingerprint density at radius 1 is 1.15 bits per heavy atom. The normalized spacial score (nSPS) is 18.7. The summed E-state index contributed by atoms with van der Waals surface area (Å²) in [6.45, 7) is 10.8. The van der Waals surface area contributed by atoms with E-state index in [0.717, 1.165) is 0 Å². The first-order valence-electron chi connectivity index (χ1n) is 9.87. The lowest BCUT2D eigenvalue weighted by Crippen LogP contribution is -2.43. The molecule has 0 saturated heterocycles. The average Bonchev–Trinajstić information content (AvgIpc) is 2.61. The maximum Gasteiger partial charge on any atom is 0.112 e. The van der Waals surface area contributed by atoms with E-state index in [1.807, 2.05) is 20.8 Å². The van der Waals surface area contributed by atoms with Crippen LogP contribution < -0.4 is 9.91 Å². The molecule has 1 aliphatic carbocycles. The fourth-order valence-electron chi connectivity index (χ4n) is 3.37. The Morgan fingerprint density at radius 3 is 2.35 bits per heavy atom. The summed E-state index contributed by atoms with van der Waals surface area (Å²) >= 11 is 0. The molecule has 2 rings (SSSR count). The summed E-state index contributed by atoms with van der Waals surface area (Å²) < 4.78 is 15.8. The minimum absolute atomic E-state index is 0.146. The minimum atomic E-state index is -1.64. The highest BCUT2D eigenvalue weighted by molar-refractivity contribution is 7.84. The van der Waals surface area contributed by atoms with Gasteiger partial charge in [0, 0.05) is 6.04 Å². The summed E-state index contributed by atoms with van der Waals surface area (Å²) in [4.78, 5) is 0. The summed E-state index contributed by atoms with van der Waals surface area (Å²) in [5.41, 5.74) is 5.77. The highest BCUT2D eigenvalue weighted by atomic mass is 32.2. The Kier molecular flexibility index (Phi) is 7.66. The predicted molar refractivity (Wildman–Crippen MR) is 118 cm³/mol. The lowest BCUT2D eigenvalue weighted by molar-refractivity contribution is 0.321. The molecule has 4 heteroatoms. The average molecular weight is 390 g/mol.